The lowest BCUT2D eigenvalue weighted by Gasteiger charge is -2.01. The summed E-state index contributed by atoms with van der Waals surface area (Å²) in [6.45, 7) is 2.13. The van der Waals surface area contributed by atoms with E-state index in [2.05, 4.69) is 29.4 Å². The lowest BCUT2D eigenvalue weighted by atomic mass is 10.1. The maximum absolute atomic E-state index is 12.9. The van der Waals surface area contributed by atoms with Crippen LogP contribution in [0.1, 0.15) is 11.8 Å². The number of aryl methyl sites for hydroxylation is 1. The summed E-state index contributed by atoms with van der Waals surface area (Å²) >= 11 is 1.64. The Morgan fingerprint density at radius 1 is 1.05 bits per heavy atom. The minimum atomic E-state index is -0.237. The van der Waals surface area contributed by atoms with Gasteiger partial charge in [-0.1, -0.05) is 37.3 Å². The van der Waals surface area contributed by atoms with Gasteiger partial charge in [-0.05, 0) is 30.7 Å². The molecular formula is C17H15FN2S. The first-order chi connectivity index (χ1) is 10.3. The van der Waals surface area contributed by atoms with Gasteiger partial charge in [0, 0.05) is 16.1 Å². The third-order valence-corrected chi connectivity index (χ3v) is 4.28. The zero-order valence-corrected chi connectivity index (χ0v) is 12.5. The van der Waals surface area contributed by atoms with E-state index in [-0.39, 0.29) is 5.82 Å². The standard InChI is InChI=1S/C17H15FN2S/c1-2-15-16(12-6-4-3-5-7-12)20-17(21-15)19-14-10-8-13(18)9-11-14/h3-11H,2H2,1H3,(H,19,20). The van der Waals surface area contributed by atoms with Crippen molar-refractivity contribution in [3.63, 3.8) is 0 Å². The van der Waals surface area contributed by atoms with E-state index in [4.69, 9.17) is 0 Å². The highest BCUT2D eigenvalue weighted by molar-refractivity contribution is 7.16. The van der Waals surface area contributed by atoms with E-state index in [0.29, 0.717) is 0 Å². The van der Waals surface area contributed by atoms with Gasteiger partial charge in [-0.3, -0.25) is 0 Å². The summed E-state index contributed by atoms with van der Waals surface area (Å²) in [5, 5.41) is 4.07. The maximum Gasteiger partial charge on any atom is 0.187 e. The predicted molar refractivity (Wildman–Crippen MR) is 86.6 cm³/mol. The van der Waals surface area contributed by atoms with Crippen molar-refractivity contribution in [1.82, 2.24) is 4.98 Å². The van der Waals surface area contributed by atoms with Gasteiger partial charge in [-0.25, -0.2) is 9.37 Å². The third kappa shape index (κ3) is 3.11. The molecule has 0 aliphatic carbocycles. The summed E-state index contributed by atoms with van der Waals surface area (Å²) in [4.78, 5) is 5.92. The number of aromatic nitrogens is 1. The highest BCUT2D eigenvalue weighted by Gasteiger charge is 2.11. The second-order valence-corrected chi connectivity index (χ2v) is 5.73. The van der Waals surface area contributed by atoms with Gasteiger partial charge < -0.3 is 5.32 Å². The molecule has 0 unspecified atom stereocenters. The highest BCUT2D eigenvalue weighted by Crippen LogP contribution is 2.32. The minimum Gasteiger partial charge on any atom is -0.332 e. The Labute approximate surface area is 127 Å². The van der Waals surface area contributed by atoms with E-state index in [0.717, 1.165) is 28.5 Å². The first-order valence-corrected chi connectivity index (χ1v) is 7.65. The van der Waals surface area contributed by atoms with E-state index in [9.17, 15) is 4.39 Å². The van der Waals surface area contributed by atoms with Gasteiger partial charge in [0.05, 0.1) is 5.69 Å². The number of hydrogen-bond acceptors (Lipinski definition) is 3. The van der Waals surface area contributed by atoms with Crippen LogP contribution in [-0.4, -0.2) is 4.98 Å². The van der Waals surface area contributed by atoms with Crippen LogP contribution in [0.3, 0.4) is 0 Å². The fourth-order valence-corrected chi connectivity index (χ4v) is 3.07. The molecule has 0 fully saturated rings. The number of nitrogens with one attached hydrogen (secondary N) is 1. The number of hydrogen-bond donors (Lipinski definition) is 1. The second-order valence-electron chi connectivity index (χ2n) is 4.64. The van der Waals surface area contributed by atoms with Crippen molar-refractivity contribution in [2.45, 2.75) is 13.3 Å². The Morgan fingerprint density at radius 3 is 2.43 bits per heavy atom. The zero-order valence-electron chi connectivity index (χ0n) is 11.6. The maximum atomic E-state index is 12.9. The summed E-state index contributed by atoms with van der Waals surface area (Å²) in [5.74, 6) is -0.237. The molecule has 4 heteroatoms. The number of thiazole rings is 1. The topological polar surface area (TPSA) is 24.9 Å². The van der Waals surface area contributed by atoms with Crippen LogP contribution < -0.4 is 5.32 Å². The van der Waals surface area contributed by atoms with Crippen LogP contribution in [0.2, 0.25) is 0 Å². The molecule has 0 aliphatic heterocycles. The third-order valence-electron chi connectivity index (χ3n) is 3.16. The number of anilines is 2. The van der Waals surface area contributed by atoms with Crippen LogP contribution >= 0.6 is 11.3 Å². The van der Waals surface area contributed by atoms with Crippen molar-refractivity contribution >= 4 is 22.2 Å². The van der Waals surface area contributed by atoms with Crippen LogP contribution in [0.25, 0.3) is 11.3 Å². The average molecular weight is 298 g/mol. The fourth-order valence-electron chi connectivity index (χ4n) is 2.12. The van der Waals surface area contributed by atoms with Crippen molar-refractivity contribution in [1.29, 1.82) is 0 Å². The van der Waals surface area contributed by atoms with Crippen molar-refractivity contribution < 1.29 is 4.39 Å². The molecule has 1 aromatic heterocycles. The number of rotatable bonds is 4. The Hall–Kier alpha value is -2.20. The average Bonchev–Trinajstić information content (AvgIpc) is 2.93. The van der Waals surface area contributed by atoms with Crippen molar-refractivity contribution in [3.05, 3.63) is 65.3 Å². The SMILES string of the molecule is CCc1sc(Nc2ccc(F)cc2)nc1-c1ccccc1. The monoisotopic (exact) mass is 298 g/mol. The molecule has 106 valence electrons. The van der Waals surface area contributed by atoms with Crippen LogP contribution in [-0.2, 0) is 6.42 Å². The molecule has 0 amide bonds. The molecule has 2 nitrogen and oxygen atoms in total. The van der Waals surface area contributed by atoms with Gasteiger partial charge in [0.25, 0.3) is 0 Å². The molecule has 0 saturated carbocycles. The Kier molecular flexibility index (Phi) is 3.97. The molecule has 1 heterocycles. The molecular weight excluding hydrogens is 283 g/mol. The van der Waals surface area contributed by atoms with Crippen LogP contribution in [0.15, 0.2) is 54.6 Å². The molecule has 0 saturated heterocycles. The molecule has 0 radical (unpaired) electrons. The molecule has 0 spiro atoms. The van der Waals surface area contributed by atoms with Crippen molar-refractivity contribution in [3.8, 4) is 11.3 Å². The molecule has 3 aromatic rings. The Balaban J connectivity index is 1.91. The van der Waals surface area contributed by atoms with E-state index in [1.165, 1.54) is 17.0 Å². The van der Waals surface area contributed by atoms with Crippen LogP contribution in [0.5, 0.6) is 0 Å². The summed E-state index contributed by atoms with van der Waals surface area (Å²) < 4.78 is 12.9. The summed E-state index contributed by atoms with van der Waals surface area (Å²) in [6.07, 6.45) is 0.937. The zero-order chi connectivity index (χ0) is 14.7. The largest absolute Gasteiger partial charge is 0.332 e. The molecule has 0 atom stereocenters. The highest BCUT2D eigenvalue weighted by atomic mass is 32.1. The van der Waals surface area contributed by atoms with Gasteiger partial charge >= 0.3 is 0 Å². The molecule has 1 N–H and O–H groups in total. The molecule has 0 bridgehead atoms. The van der Waals surface area contributed by atoms with Crippen molar-refractivity contribution in [2.24, 2.45) is 0 Å². The van der Waals surface area contributed by atoms with Crippen LogP contribution in [0, 0.1) is 5.82 Å². The summed E-state index contributed by atoms with van der Waals surface area (Å²) in [5.41, 5.74) is 2.98. The van der Waals surface area contributed by atoms with E-state index in [1.807, 2.05) is 18.2 Å². The fraction of sp³-hybridized carbons (Fsp3) is 0.118. The van der Waals surface area contributed by atoms with Crippen LogP contribution in [0.4, 0.5) is 15.2 Å². The predicted octanol–water partition coefficient (Wildman–Crippen LogP) is 5.26. The van der Waals surface area contributed by atoms with E-state index in [1.54, 1.807) is 23.5 Å². The summed E-state index contributed by atoms with van der Waals surface area (Å²) in [7, 11) is 0. The minimum absolute atomic E-state index is 0.237. The Bertz CT molecular complexity index is 720. The number of benzene rings is 2. The van der Waals surface area contributed by atoms with Gasteiger partial charge in [-0.15, -0.1) is 11.3 Å². The molecule has 0 aliphatic rings. The molecule has 2 aromatic carbocycles. The summed E-state index contributed by atoms with van der Waals surface area (Å²) in [6, 6.07) is 16.5. The van der Waals surface area contributed by atoms with Gasteiger partial charge in [0.15, 0.2) is 5.13 Å². The van der Waals surface area contributed by atoms with Gasteiger partial charge in [-0.2, -0.15) is 0 Å². The normalized spacial score (nSPS) is 10.6. The van der Waals surface area contributed by atoms with E-state index >= 15 is 0 Å². The van der Waals surface area contributed by atoms with E-state index < -0.39 is 0 Å². The second kappa shape index (κ2) is 6.06. The number of halogens is 1. The smallest absolute Gasteiger partial charge is 0.187 e. The Morgan fingerprint density at radius 2 is 1.76 bits per heavy atom. The van der Waals surface area contributed by atoms with Crippen molar-refractivity contribution in [2.75, 3.05) is 5.32 Å². The van der Waals surface area contributed by atoms with Gasteiger partial charge in [0.1, 0.15) is 5.82 Å². The lowest BCUT2D eigenvalue weighted by Crippen LogP contribution is -1.89. The first-order valence-electron chi connectivity index (χ1n) is 6.84. The quantitative estimate of drug-likeness (QED) is 0.711. The lowest BCUT2D eigenvalue weighted by molar-refractivity contribution is 0.628. The molecule has 21 heavy (non-hydrogen) atoms. The number of nitrogens with zero attached hydrogens (tertiary/aromatic N) is 1. The van der Waals surface area contributed by atoms with Gasteiger partial charge in [0.2, 0.25) is 0 Å². The molecule has 3 rings (SSSR count). The first kappa shape index (κ1) is 13.8.